The van der Waals surface area contributed by atoms with Crippen molar-refractivity contribution in [1.29, 1.82) is 0 Å². The summed E-state index contributed by atoms with van der Waals surface area (Å²) in [5, 5.41) is 2.82. The van der Waals surface area contributed by atoms with Crippen LogP contribution in [0.2, 0.25) is 0 Å². The molecule has 0 spiro atoms. The fourth-order valence-corrected chi connectivity index (χ4v) is 2.69. The van der Waals surface area contributed by atoms with E-state index in [-0.39, 0.29) is 18.6 Å². The summed E-state index contributed by atoms with van der Waals surface area (Å²) in [6, 6.07) is 4.61. The van der Waals surface area contributed by atoms with E-state index in [1.54, 1.807) is 0 Å². The van der Waals surface area contributed by atoms with Gasteiger partial charge in [0, 0.05) is 30.3 Å². The van der Waals surface area contributed by atoms with Crippen molar-refractivity contribution in [2.45, 2.75) is 39.1 Å². The molecule has 1 aromatic carbocycles. The highest BCUT2D eigenvalue weighted by Gasteiger charge is 2.32. The van der Waals surface area contributed by atoms with Crippen molar-refractivity contribution in [2.75, 3.05) is 11.9 Å². The van der Waals surface area contributed by atoms with Gasteiger partial charge in [0.1, 0.15) is 23.3 Å². The Morgan fingerprint density at radius 2 is 2.16 bits per heavy atom. The summed E-state index contributed by atoms with van der Waals surface area (Å²) in [5.74, 6) is 1.36. The third-order valence-electron chi connectivity index (χ3n) is 3.76. The number of nitrogens with zero attached hydrogens (tertiary/aromatic N) is 2. The van der Waals surface area contributed by atoms with Gasteiger partial charge in [0.25, 0.3) is 0 Å². The molecule has 0 saturated heterocycles. The minimum Gasteiger partial charge on any atom is -0.494 e. The molecule has 5 nitrogen and oxygen atoms in total. The van der Waals surface area contributed by atoms with E-state index in [0.29, 0.717) is 12.4 Å². The Hall–Kier alpha value is -2.51. The number of hydrogen-bond acceptors (Lipinski definition) is 5. The lowest BCUT2D eigenvalue weighted by molar-refractivity contribution is -0.141. The van der Waals surface area contributed by atoms with E-state index >= 15 is 0 Å². The largest absolute Gasteiger partial charge is 0.494 e. The molecule has 1 aromatic heterocycles. The van der Waals surface area contributed by atoms with Gasteiger partial charge in [-0.2, -0.15) is 13.2 Å². The van der Waals surface area contributed by atoms with E-state index in [2.05, 4.69) is 15.3 Å². The number of alkyl halides is 3. The first-order valence-corrected chi connectivity index (χ1v) is 7.96. The summed E-state index contributed by atoms with van der Waals surface area (Å²) in [6.07, 6.45) is -2.53. The molecule has 0 saturated carbocycles. The standard InChI is InChI=1S/C17H18F3N3O2/c1-3-24-13-7-11-6-10(2)25-14(11)8-12(13)9-22-16-21-5-4-15(23-16)17(18,19)20/h4-5,7-8,10H,3,6,9H2,1-2H3,(H,21,22,23)/t10-/m0/s1. The Balaban J connectivity index is 1.80. The van der Waals surface area contributed by atoms with E-state index in [9.17, 15) is 13.2 Å². The molecule has 3 rings (SSSR count). The molecule has 1 N–H and O–H groups in total. The van der Waals surface area contributed by atoms with Gasteiger partial charge in [-0.05, 0) is 32.0 Å². The smallest absolute Gasteiger partial charge is 0.433 e. The summed E-state index contributed by atoms with van der Waals surface area (Å²) in [6.45, 7) is 4.57. The molecule has 8 heteroatoms. The van der Waals surface area contributed by atoms with Gasteiger partial charge in [-0.3, -0.25) is 0 Å². The Morgan fingerprint density at radius 1 is 1.36 bits per heavy atom. The maximum atomic E-state index is 12.7. The van der Waals surface area contributed by atoms with Crippen molar-refractivity contribution in [3.63, 3.8) is 0 Å². The first-order chi connectivity index (χ1) is 11.9. The Morgan fingerprint density at radius 3 is 2.88 bits per heavy atom. The molecule has 2 heterocycles. The predicted molar refractivity (Wildman–Crippen MR) is 85.8 cm³/mol. The highest BCUT2D eigenvalue weighted by Crippen LogP contribution is 2.35. The van der Waals surface area contributed by atoms with Gasteiger partial charge in [0.2, 0.25) is 5.95 Å². The molecule has 0 unspecified atom stereocenters. The number of ether oxygens (including phenoxy) is 2. The van der Waals surface area contributed by atoms with Gasteiger partial charge < -0.3 is 14.8 Å². The second kappa shape index (κ2) is 6.78. The van der Waals surface area contributed by atoms with Gasteiger partial charge >= 0.3 is 6.18 Å². The molecule has 1 aliphatic rings. The van der Waals surface area contributed by atoms with Crippen LogP contribution in [0.25, 0.3) is 0 Å². The van der Waals surface area contributed by atoms with Crippen LogP contribution in [0.1, 0.15) is 30.7 Å². The van der Waals surface area contributed by atoms with Crippen LogP contribution in [-0.4, -0.2) is 22.7 Å². The number of aromatic nitrogens is 2. The molecule has 0 amide bonds. The second-order valence-electron chi connectivity index (χ2n) is 5.75. The lowest BCUT2D eigenvalue weighted by atomic mass is 10.1. The van der Waals surface area contributed by atoms with E-state index in [4.69, 9.17) is 9.47 Å². The van der Waals surface area contributed by atoms with Crippen molar-refractivity contribution >= 4 is 5.95 Å². The molecule has 1 atom stereocenters. The highest BCUT2D eigenvalue weighted by atomic mass is 19.4. The van der Waals surface area contributed by atoms with Crippen molar-refractivity contribution in [1.82, 2.24) is 9.97 Å². The first-order valence-electron chi connectivity index (χ1n) is 7.96. The minimum atomic E-state index is -4.51. The van der Waals surface area contributed by atoms with Crippen LogP contribution in [-0.2, 0) is 19.1 Å². The zero-order valence-corrected chi connectivity index (χ0v) is 13.9. The maximum absolute atomic E-state index is 12.7. The summed E-state index contributed by atoms with van der Waals surface area (Å²) in [4.78, 5) is 7.33. The normalized spacial score (nSPS) is 16.3. The number of nitrogens with one attached hydrogen (secondary N) is 1. The lowest BCUT2D eigenvalue weighted by Crippen LogP contribution is -2.12. The number of benzene rings is 1. The van der Waals surface area contributed by atoms with Crippen LogP contribution in [0.4, 0.5) is 19.1 Å². The van der Waals surface area contributed by atoms with Crippen LogP contribution in [0.3, 0.4) is 0 Å². The fourth-order valence-electron chi connectivity index (χ4n) is 2.69. The molecular weight excluding hydrogens is 335 g/mol. The maximum Gasteiger partial charge on any atom is 0.433 e. The van der Waals surface area contributed by atoms with Crippen LogP contribution < -0.4 is 14.8 Å². The third-order valence-corrected chi connectivity index (χ3v) is 3.76. The SMILES string of the molecule is CCOc1cc2c(cc1CNc1nccc(C(F)(F)F)n1)O[C@@H](C)C2. The molecule has 1 aliphatic heterocycles. The fraction of sp³-hybridized carbons (Fsp3) is 0.412. The average Bonchev–Trinajstić information content (AvgIpc) is 2.91. The zero-order valence-electron chi connectivity index (χ0n) is 13.9. The minimum absolute atomic E-state index is 0.0907. The first kappa shape index (κ1) is 17.3. The van der Waals surface area contributed by atoms with Gasteiger partial charge in [0.15, 0.2) is 0 Å². The molecule has 134 valence electrons. The van der Waals surface area contributed by atoms with Crippen molar-refractivity contribution in [3.8, 4) is 11.5 Å². The Kier molecular flexibility index (Phi) is 4.69. The van der Waals surface area contributed by atoms with Crippen LogP contribution in [0, 0.1) is 0 Å². The summed E-state index contributed by atoms with van der Waals surface area (Å²) in [7, 11) is 0. The molecule has 2 aromatic rings. The van der Waals surface area contributed by atoms with Gasteiger partial charge in [0.05, 0.1) is 6.61 Å². The van der Waals surface area contributed by atoms with E-state index in [0.717, 1.165) is 35.6 Å². The molecular formula is C17H18F3N3O2. The number of hydrogen-bond donors (Lipinski definition) is 1. The predicted octanol–water partition coefficient (Wildman–Crippen LogP) is 3.83. The van der Waals surface area contributed by atoms with Gasteiger partial charge in [-0.15, -0.1) is 0 Å². The zero-order chi connectivity index (χ0) is 18.0. The van der Waals surface area contributed by atoms with E-state index < -0.39 is 11.9 Å². The molecule has 0 fully saturated rings. The van der Waals surface area contributed by atoms with Crippen molar-refractivity contribution in [3.05, 3.63) is 41.2 Å². The lowest BCUT2D eigenvalue weighted by Gasteiger charge is -2.14. The monoisotopic (exact) mass is 353 g/mol. The van der Waals surface area contributed by atoms with Crippen LogP contribution in [0.15, 0.2) is 24.4 Å². The Bertz CT molecular complexity index is 765. The molecule has 0 bridgehead atoms. The number of fused-ring (bicyclic) bond motifs is 1. The second-order valence-corrected chi connectivity index (χ2v) is 5.75. The molecule has 0 aliphatic carbocycles. The van der Waals surface area contributed by atoms with Crippen LogP contribution >= 0.6 is 0 Å². The van der Waals surface area contributed by atoms with E-state index in [1.165, 1.54) is 0 Å². The summed E-state index contributed by atoms with van der Waals surface area (Å²) in [5.41, 5.74) is 0.854. The van der Waals surface area contributed by atoms with Gasteiger partial charge in [-0.1, -0.05) is 0 Å². The van der Waals surface area contributed by atoms with Crippen molar-refractivity contribution in [2.24, 2.45) is 0 Å². The quantitative estimate of drug-likeness (QED) is 0.885. The number of anilines is 1. The van der Waals surface area contributed by atoms with Gasteiger partial charge in [-0.25, -0.2) is 9.97 Å². The van der Waals surface area contributed by atoms with Crippen molar-refractivity contribution < 1.29 is 22.6 Å². The highest BCUT2D eigenvalue weighted by molar-refractivity contribution is 5.49. The summed E-state index contributed by atoms with van der Waals surface area (Å²) >= 11 is 0. The molecule has 0 radical (unpaired) electrons. The Labute approximate surface area is 143 Å². The van der Waals surface area contributed by atoms with E-state index in [1.807, 2.05) is 26.0 Å². The number of rotatable bonds is 5. The van der Waals surface area contributed by atoms with Crippen LogP contribution in [0.5, 0.6) is 11.5 Å². The number of halogens is 3. The topological polar surface area (TPSA) is 56.3 Å². The third kappa shape index (κ3) is 3.94. The molecule has 25 heavy (non-hydrogen) atoms. The average molecular weight is 353 g/mol. The summed E-state index contributed by atoms with van der Waals surface area (Å²) < 4.78 is 49.6.